The highest BCUT2D eigenvalue weighted by Gasteiger charge is 2.10. The third-order valence-corrected chi connectivity index (χ3v) is 3.22. The molecule has 0 spiro atoms. The number of hydrogen-bond acceptors (Lipinski definition) is 5. The number of imidazole rings is 1. The second-order valence-electron chi connectivity index (χ2n) is 4.71. The van der Waals surface area contributed by atoms with Crippen molar-refractivity contribution in [2.75, 3.05) is 17.2 Å². The van der Waals surface area contributed by atoms with Crippen LogP contribution in [-0.4, -0.2) is 26.5 Å². The van der Waals surface area contributed by atoms with Crippen LogP contribution in [0.15, 0.2) is 30.6 Å². The number of nitrogens with one attached hydrogen (secondary N) is 3. The first-order valence-electron chi connectivity index (χ1n) is 7.11. The molecule has 3 N–H and O–H groups in total. The maximum Gasteiger partial charge on any atom is 0.226 e. The molecule has 21 heavy (non-hydrogen) atoms. The Morgan fingerprint density at radius 3 is 2.90 bits per heavy atom. The van der Waals surface area contributed by atoms with Crippen LogP contribution in [0.5, 0.6) is 0 Å². The van der Waals surface area contributed by atoms with Gasteiger partial charge in [0.1, 0.15) is 5.52 Å². The Kier molecular flexibility index (Phi) is 3.68. The van der Waals surface area contributed by atoms with Crippen LogP contribution in [0.25, 0.3) is 11.2 Å². The molecule has 0 amide bonds. The summed E-state index contributed by atoms with van der Waals surface area (Å²) in [5.41, 5.74) is 3.74. The van der Waals surface area contributed by atoms with Gasteiger partial charge in [0.15, 0.2) is 11.5 Å². The van der Waals surface area contributed by atoms with Crippen LogP contribution in [0.4, 0.5) is 17.5 Å². The van der Waals surface area contributed by atoms with E-state index in [9.17, 15) is 0 Å². The minimum atomic E-state index is 0.575. The number of hydrogen-bond donors (Lipinski definition) is 3. The summed E-state index contributed by atoms with van der Waals surface area (Å²) in [6, 6.07) is 8.30. The highest BCUT2D eigenvalue weighted by Crippen LogP contribution is 2.23. The predicted octanol–water partition coefficient (Wildman–Crippen LogP) is 3.09. The van der Waals surface area contributed by atoms with E-state index in [2.05, 4.69) is 49.6 Å². The Morgan fingerprint density at radius 2 is 2.10 bits per heavy atom. The largest absolute Gasteiger partial charge is 0.354 e. The molecule has 2 heterocycles. The van der Waals surface area contributed by atoms with E-state index in [4.69, 9.17) is 0 Å². The molecular weight excluding hydrogens is 264 g/mol. The van der Waals surface area contributed by atoms with E-state index in [1.165, 1.54) is 5.56 Å². The molecule has 0 unspecified atom stereocenters. The summed E-state index contributed by atoms with van der Waals surface area (Å²) in [5, 5.41) is 6.47. The van der Waals surface area contributed by atoms with E-state index in [0.717, 1.165) is 30.0 Å². The van der Waals surface area contributed by atoms with Crippen LogP contribution in [0.3, 0.4) is 0 Å². The number of aromatic nitrogens is 4. The molecule has 0 radical (unpaired) electrons. The standard InChI is InChI=1S/C15H18N6/c1-3-10-6-5-7-11(8-10)19-14-12-13(18-9-17-12)20-15(21-14)16-4-2/h5-9H,3-4H2,1-2H3,(H3,16,17,18,19,20,21). The first-order valence-corrected chi connectivity index (χ1v) is 7.11. The van der Waals surface area contributed by atoms with Crippen molar-refractivity contribution in [2.45, 2.75) is 20.3 Å². The summed E-state index contributed by atoms with van der Waals surface area (Å²) < 4.78 is 0. The zero-order valence-electron chi connectivity index (χ0n) is 12.1. The predicted molar refractivity (Wildman–Crippen MR) is 85.0 cm³/mol. The van der Waals surface area contributed by atoms with Gasteiger partial charge in [-0.15, -0.1) is 0 Å². The number of aryl methyl sites for hydroxylation is 1. The fourth-order valence-electron chi connectivity index (χ4n) is 2.17. The third kappa shape index (κ3) is 2.79. The molecule has 0 bridgehead atoms. The zero-order valence-corrected chi connectivity index (χ0v) is 12.1. The van der Waals surface area contributed by atoms with Gasteiger partial charge < -0.3 is 15.6 Å². The van der Waals surface area contributed by atoms with Gasteiger partial charge in [0.25, 0.3) is 0 Å². The molecule has 0 atom stereocenters. The lowest BCUT2D eigenvalue weighted by Crippen LogP contribution is -2.05. The molecule has 0 saturated carbocycles. The Bertz CT molecular complexity index is 749. The van der Waals surface area contributed by atoms with Crippen LogP contribution >= 0.6 is 0 Å². The molecule has 108 valence electrons. The number of aromatic amines is 1. The molecule has 0 aliphatic heterocycles. The van der Waals surface area contributed by atoms with Gasteiger partial charge in [-0.1, -0.05) is 19.1 Å². The van der Waals surface area contributed by atoms with E-state index >= 15 is 0 Å². The highest BCUT2D eigenvalue weighted by atomic mass is 15.2. The van der Waals surface area contributed by atoms with Gasteiger partial charge in [-0.25, -0.2) is 4.98 Å². The van der Waals surface area contributed by atoms with Crippen LogP contribution in [-0.2, 0) is 6.42 Å². The first-order chi connectivity index (χ1) is 10.3. The van der Waals surface area contributed by atoms with Crippen molar-refractivity contribution in [3.05, 3.63) is 36.2 Å². The van der Waals surface area contributed by atoms with Gasteiger partial charge in [-0.2, -0.15) is 9.97 Å². The van der Waals surface area contributed by atoms with Crippen molar-refractivity contribution < 1.29 is 0 Å². The van der Waals surface area contributed by atoms with Crippen LogP contribution in [0.1, 0.15) is 19.4 Å². The van der Waals surface area contributed by atoms with Crippen LogP contribution in [0.2, 0.25) is 0 Å². The summed E-state index contributed by atoms with van der Waals surface area (Å²) >= 11 is 0. The number of fused-ring (bicyclic) bond motifs is 1. The molecule has 0 saturated heterocycles. The lowest BCUT2D eigenvalue weighted by atomic mass is 10.1. The van der Waals surface area contributed by atoms with Gasteiger partial charge in [0.05, 0.1) is 6.33 Å². The van der Waals surface area contributed by atoms with Gasteiger partial charge in [-0.05, 0) is 31.0 Å². The molecule has 0 fully saturated rings. The monoisotopic (exact) mass is 282 g/mol. The lowest BCUT2D eigenvalue weighted by molar-refractivity contribution is 1.10. The highest BCUT2D eigenvalue weighted by molar-refractivity contribution is 5.86. The lowest BCUT2D eigenvalue weighted by Gasteiger charge is -2.09. The molecule has 3 aromatic rings. The van der Waals surface area contributed by atoms with Crippen molar-refractivity contribution in [3.63, 3.8) is 0 Å². The van der Waals surface area contributed by atoms with Gasteiger partial charge in [0, 0.05) is 12.2 Å². The second kappa shape index (κ2) is 5.78. The number of benzene rings is 1. The van der Waals surface area contributed by atoms with Crippen molar-refractivity contribution in [3.8, 4) is 0 Å². The zero-order chi connectivity index (χ0) is 14.7. The van der Waals surface area contributed by atoms with E-state index in [1.54, 1.807) is 6.33 Å². The van der Waals surface area contributed by atoms with Gasteiger partial charge in [0.2, 0.25) is 5.95 Å². The molecule has 3 rings (SSSR count). The van der Waals surface area contributed by atoms with Crippen molar-refractivity contribution in [1.29, 1.82) is 0 Å². The quantitative estimate of drug-likeness (QED) is 0.670. The minimum Gasteiger partial charge on any atom is -0.354 e. The van der Waals surface area contributed by atoms with E-state index < -0.39 is 0 Å². The fourth-order valence-corrected chi connectivity index (χ4v) is 2.17. The van der Waals surface area contributed by atoms with Gasteiger partial charge in [-0.3, -0.25) is 0 Å². The van der Waals surface area contributed by atoms with Crippen LogP contribution in [0, 0.1) is 0 Å². The molecule has 0 aliphatic rings. The Balaban J connectivity index is 1.99. The Hall–Kier alpha value is -2.63. The number of nitrogens with zero attached hydrogens (tertiary/aromatic N) is 3. The average molecular weight is 282 g/mol. The third-order valence-electron chi connectivity index (χ3n) is 3.22. The SMILES string of the molecule is CCNc1nc(Nc2cccc(CC)c2)c2[nH]cnc2n1. The fraction of sp³-hybridized carbons (Fsp3) is 0.267. The summed E-state index contributed by atoms with van der Waals surface area (Å²) in [5.74, 6) is 1.30. The average Bonchev–Trinajstić information content (AvgIpc) is 2.96. The van der Waals surface area contributed by atoms with E-state index in [1.807, 2.05) is 19.1 Å². The smallest absolute Gasteiger partial charge is 0.226 e. The maximum absolute atomic E-state index is 4.51. The first kappa shape index (κ1) is 13.4. The molecular formula is C15H18N6. The number of rotatable bonds is 5. The summed E-state index contributed by atoms with van der Waals surface area (Å²) in [7, 11) is 0. The summed E-state index contributed by atoms with van der Waals surface area (Å²) in [6.07, 6.45) is 2.63. The summed E-state index contributed by atoms with van der Waals surface area (Å²) in [6.45, 7) is 4.91. The minimum absolute atomic E-state index is 0.575. The Labute approximate surface area is 123 Å². The van der Waals surface area contributed by atoms with E-state index in [-0.39, 0.29) is 0 Å². The molecule has 0 aliphatic carbocycles. The second-order valence-corrected chi connectivity index (χ2v) is 4.71. The van der Waals surface area contributed by atoms with Gasteiger partial charge >= 0.3 is 0 Å². The maximum atomic E-state index is 4.51. The van der Waals surface area contributed by atoms with Crippen molar-refractivity contribution in [1.82, 2.24) is 19.9 Å². The number of anilines is 3. The molecule has 6 nitrogen and oxygen atoms in total. The summed E-state index contributed by atoms with van der Waals surface area (Å²) in [4.78, 5) is 16.2. The van der Waals surface area contributed by atoms with E-state index in [0.29, 0.717) is 11.6 Å². The normalized spacial score (nSPS) is 10.8. The molecule has 2 aromatic heterocycles. The Morgan fingerprint density at radius 1 is 1.19 bits per heavy atom. The van der Waals surface area contributed by atoms with Crippen LogP contribution < -0.4 is 10.6 Å². The topological polar surface area (TPSA) is 78.5 Å². The van der Waals surface area contributed by atoms with Crippen molar-refractivity contribution >= 4 is 28.6 Å². The van der Waals surface area contributed by atoms with Crippen molar-refractivity contribution in [2.24, 2.45) is 0 Å². The number of H-pyrrole nitrogens is 1. The molecule has 1 aromatic carbocycles. The molecule has 6 heteroatoms.